The molecular weight excluding hydrogens is 1260 g/mol. The predicted octanol–water partition coefficient (Wildman–Crippen LogP) is 18.0. The van der Waals surface area contributed by atoms with Crippen molar-refractivity contribution < 1.29 is 0 Å². The topological polar surface area (TPSA) is 74.3 Å². The highest BCUT2D eigenvalue weighted by atomic mass is 127. The average molecular weight is 1300 g/mol. The van der Waals surface area contributed by atoms with E-state index in [1.807, 2.05) is 12.1 Å². The lowest BCUT2D eigenvalue weighted by Crippen LogP contribution is -2.04. The first kappa shape index (κ1) is 47.6. The smallest absolute Gasteiger partial charge is 0.164 e. The number of benzene rings is 9. The van der Waals surface area contributed by atoms with Crippen LogP contribution in [0, 0.1) is 10.7 Å². The Morgan fingerprint density at radius 2 is 0.867 bits per heavy atom. The van der Waals surface area contributed by atoms with Gasteiger partial charge in [0, 0.05) is 71.3 Å². The third-order valence-electron chi connectivity index (χ3n) is 13.9. The Hall–Kier alpha value is -7.14. The summed E-state index contributed by atoms with van der Waals surface area (Å²) < 4.78 is 8.15. The van der Waals surface area contributed by atoms with Crippen LogP contribution in [0.25, 0.3) is 123 Å². The third kappa shape index (κ3) is 9.09. The van der Waals surface area contributed by atoms with Gasteiger partial charge in [0.2, 0.25) is 0 Å². The Labute approximate surface area is 475 Å². The van der Waals surface area contributed by atoms with Gasteiger partial charge in [0.05, 0.1) is 39.1 Å². The molecule has 0 atom stereocenters. The molecule has 0 saturated heterocycles. The number of fused-ring (bicyclic) bond motifs is 6. The molecule has 360 valence electrons. The Bertz CT molecular complexity index is 4250. The quantitative estimate of drug-likeness (QED) is 0.121. The van der Waals surface area contributed by atoms with Gasteiger partial charge >= 0.3 is 0 Å². The van der Waals surface area contributed by atoms with Crippen LogP contribution in [-0.4, -0.2) is 34.1 Å². The molecule has 13 rings (SSSR count). The van der Waals surface area contributed by atoms with Crippen LogP contribution in [0.1, 0.15) is 25.3 Å². The molecule has 10 heteroatoms. The van der Waals surface area contributed by atoms with Crippen LogP contribution in [0.15, 0.2) is 212 Å². The molecule has 13 aromatic rings. The third-order valence-corrected chi connectivity index (χ3v) is 15.7. The zero-order chi connectivity index (χ0) is 50.6. The van der Waals surface area contributed by atoms with E-state index >= 15 is 0 Å². The zero-order valence-corrected chi connectivity index (χ0v) is 47.1. The number of nitrogens with zero attached hydrogens (tertiary/aromatic N) is 7. The Kier molecular flexibility index (Phi) is 12.8. The van der Waals surface area contributed by atoms with E-state index in [4.69, 9.17) is 24.9 Å². The summed E-state index contributed by atoms with van der Waals surface area (Å²) in [5, 5.41) is 4.71. The molecule has 0 N–H and O–H groups in total. The van der Waals surface area contributed by atoms with E-state index in [9.17, 15) is 0 Å². The molecule has 9 aromatic carbocycles. The summed E-state index contributed by atoms with van der Waals surface area (Å²) in [6.07, 6.45) is 3.21. The number of aryl methyl sites for hydroxylation is 1. The minimum Gasteiger partial charge on any atom is -0.309 e. The van der Waals surface area contributed by atoms with Crippen molar-refractivity contribution in [3.63, 3.8) is 0 Å². The van der Waals surface area contributed by atoms with Crippen molar-refractivity contribution in [1.29, 1.82) is 0 Å². The highest BCUT2D eigenvalue weighted by Gasteiger charge is 2.24. The minimum absolute atomic E-state index is 0.560. The molecule has 0 unspecified atom stereocenters. The molecule has 4 aromatic heterocycles. The van der Waals surface area contributed by atoms with Crippen LogP contribution >= 0.6 is 67.8 Å². The van der Waals surface area contributed by atoms with Crippen LogP contribution in [0.5, 0.6) is 0 Å². The van der Waals surface area contributed by atoms with Crippen LogP contribution < -0.4 is 0 Å². The maximum atomic E-state index is 5.51. The first-order valence-corrected chi connectivity index (χ1v) is 28.3. The van der Waals surface area contributed by atoms with E-state index in [1.165, 1.54) is 16.3 Å². The van der Waals surface area contributed by atoms with Crippen molar-refractivity contribution in [3.8, 4) is 79.4 Å². The first-order chi connectivity index (χ1) is 36.8. The lowest BCUT2D eigenvalue weighted by atomic mass is 10.0. The lowest BCUT2D eigenvalue weighted by Gasteiger charge is -2.17. The zero-order valence-electron chi connectivity index (χ0n) is 40.6. The monoisotopic (exact) mass is 1300 g/mol. The molecule has 0 aliphatic heterocycles. The second-order valence-electron chi connectivity index (χ2n) is 18.8. The molecule has 4 heterocycles. The average Bonchev–Trinajstić information content (AvgIpc) is 3.99. The van der Waals surface area contributed by atoms with Crippen molar-refractivity contribution in [2.75, 3.05) is 0 Å². The van der Waals surface area contributed by atoms with Gasteiger partial charge in [0.15, 0.2) is 23.3 Å². The summed E-state index contributed by atoms with van der Waals surface area (Å²) in [6, 6.07) is 75.4. The Morgan fingerprint density at radius 1 is 0.360 bits per heavy atom. The molecule has 0 bridgehead atoms. The molecule has 0 saturated carbocycles. The van der Waals surface area contributed by atoms with Gasteiger partial charge in [-0.25, -0.2) is 24.9 Å². The van der Waals surface area contributed by atoms with Crippen molar-refractivity contribution >= 4 is 111 Å². The number of rotatable bonds is 11. The second kappa shape index (κ2) is 20.2. The van der Waals surface area contributed by atoms with Crippen LogP contribution in [-0.2, 0) is 6.42 Å². The Balaban J connectivity index is 1.11. The molecule has 0 radical (unpaired) electrons. The lowest BCUT2D eigenvalue weighted by molar-refractivity contribution is 0.795. The van der Waals surface area contributed by atoms with Crippen molar-refractivity contribution in [1.82, 2.24) is 34.1 Å². The van der Waals surface area contributed by atoms with E-state index < -0.39 is 0 Å². The maximum Gasteiger partial charge on any atom is 0.164 e. The normalized spacial score (nSPS) is 11.6. The molecular formula is C65H44I3N7. The summed E-state index contributed by atoms with van der Waals surface area (Å²) in [7, 11) is 0. The van der Waals surface area contributed by atoms with Gasteiger partial charge in [-0.1, -0.05) is 129 Å². The molecule has 75 heavy (non-hydrogen) atoms. The highest BCUT2D eigenvalue weighted by molar-refractivity contribution is 14.1. The summed E-state index contributed by atoms with van der Waals surface area (Å²) in [6.45, 7) is 2.23. The summed E-state index contributed by atoms with van der Waals surface area (Å²) in [4.78, 5) is 27.0. The van der Waals surface area contributed by atoms with Crippen molar-refractivity contribution in [3.05, 3.63) is 229 Å². The number of hydrogen-bond donors (Lipinski definition) is 0. The summed E-state index contributed by atoms with van der Waals surface area (Å²) in [5.74, 6) is 2.38. The molecule has 0 amide bonds. The number of para-hydroxylation sites is 3. The van der Waals surface area contributed by atoms with Crippen LogP contribution in [0.2, 0.25) is 0 Å². The van der Waals surface area contributed by atoms with E-state index in [1.54, 1.807) is 0 Å². The standard InChI is InChI=1S/C65H44I3N7/c1-2-3-17-40-30-44(32-46(66)31-40)63-71-62(72-64(73-63)45-33-47(67)36-48(68)34-45)43-28-29-59(54(35-43)65-69-55(41-18-7-4-8-19-41)38-56(70-65)42-20-9-5-10-21-42)75-58-27-16-14-25-51(58)53-37-52-50-24-13-15-26-57(50)74(60(52)39-61(53)75)49-22-11-6-12-23-49/h4-16,18-39H,2-3,17H2,1H3. The largest absolute Gasteiger partial charge is 0.309 e. The van der Waals surface area contributed by atoms with E-state index in [0.29, 0.717) is 23.3 Å². The SMILES string of the molecule is CCCCc1cc(I)cc(-c2nc(-c3cc(I)cc(I)c3)nc(-c3ccc(-n4c5ccccc5c5cc6c7ccccc7n(-c7ccccc7)c6cc54)c(-c4nc(-c5ccccc5)cc(-c5ccccc5)n4)c3)n2)c1. The van der Waals surface area contributed by atoms with Gasteiger partial charge in [0.25, 0.3) is 0 Å². The van der Waals surface area contributed by atoms with Crippen molar-refractivity contribution in [2.45, 2.75) is 26.2 Å². The highest BCUT2D eigenvalue weighted by Crippen LogP contribution is 2.43. The van der Waals surface area contributed by atoms with E-state index in [-0.39, 0.29) is 0 Å². The van der Waals surface area contributed by atoms with Gasteiger partial charge in [-0.15, -0.1) is 0 Å². The molecule has 7 nitrogen and oxygen atoms in total. The van der Waals surface area contributed by atoms with Crippen LogP contribution in [0.3, 0.4) is 0 Å². The molecule has 0 aliphatic rings. The fourth-order valence-electron chi connectivity index (χ4n) is 10.4. The van der Waals surface area contributed by atoms with Crippen LogP contribution in [0.4, 0.5) is 0 Å². The minimum atomic E-state index is 0.560. The Morgan fingerprint density at radius 3 is 1.47 bits per heavy atom. The number of halogens is 3. The summed E-state index contributed by atoms with van der Waals surface area (Å²) >= 11 is 7.19. The molecule has 0 spiro atoms. The molecule has 0 fully saturated rings. The van der Waals surface area contributed by atoms with E-state index in [2.05, 4.69) is 284 Å². The van der Waals surface area contributed by atoms with Gasteiger partial charge in [-0.2, -0.15) is 0 Å². The molecule has 0 aliphatic carbocycles. The van der Waals surface area contributed by atoms with Gasteiger partial charge < -0.3 is 9.13 Å². The van der Waals surface area contributed by atoms with Gasteiger partial charge in [0.1, 0.15) is 0 Å². The fraction of sp³-hybridized carbons (Fsp3) is 0.0615. The first-order valence-electron chi connectivity index (χ1n) is 25.0. The van der Waals surface area contributed by atoms with Gasteiger partial charge in [-0.3, -0.25) is 0 Å². The fourth-order valence-corrected chi connectivity index (χ4v) is 13.1. The number of aromatic nitrogens is 7. The number of hydrogen-bond acceptors (Lipinski definition) is 5. The maximum absolute atomic E-state index is 5.51. The predicted molar refractivity (Wildman–Crippen MR) is 333 cm³/mol. The number of unbranched alkanes of at least 4 members (excludes halogenated alkanes) is 1. The summed E-state index contributed by atoms with van der Waals surface area (Å²) in [5.41, 5.74) is 14.9. The van der Waals surface area contributed by atoms with Gasteiger partial charge in [-0.05, 0) is 183 Å². The second-order valence-corrected chi connectivity index (χ2v) is 22.5. The van der Waals surface area contributed by atoms with Crippen molar-refractivity contribution in [2.24, 2.45) is 0 Å². The van der Waals surface area contributed by atoms with E-state index in [0.717, 1.165) is 119 Å².